The van der Waals surface area contributed by atoms with Gasteiger partial charge in [0.15, 0.2) is 0 Å². The number of rotatable bonds is 7. The smallest absolute Gasteiger partial charge is 0.257 e. The van der Waals surface area contributed by atoms with Gasteiger partial charge in [0.2, 0.25) is 10.0 Å². The third-order valence-corrected chi connectivity index (χ3v) is 5.98. The minimum absolute atomic E-state index is 0.158. The number of halogens is 1. The van der Waals surface area contributed by atoms with Crippen molar-refractivity contribution in [1.82, 2.24) is 0 Å². The number of benzene rings is 2. The Morgan fingerprint density at radius 2 is 1.93 bits per heavy atom. The molecule has 0 aromatic heterocycles. The fraction of sp³-hybridized carbons (Fsp3) is 0.316. The molecule has 8 heteroatoms. The molecule has 0 radical (unpaired) electrons. The van der Waals surface area contributed by atoms with Gasteiger partial charge < -0.3 is 10.1 Å². The molecule has 3 rings (SSSR count). The van der Waals surface area contributed by atoms with E-state index in [2.05, 4.69) is 10.0 Å². The van der Waals surface area contributed by atoms with Gasteiger partial charge in [-0.3, -0.25) is 9.52 Å². The summed E-state index contributed by atoms with van der Waals surface area (Å²) in [7, 11) is -3.52. The Bertz CT molecular complexity index is 972. The van der Waals surface area contributed by atoms with E-state index in [1.54, 1.807) is 32.0 Å². The van der Waals surface area contributed by atoms with Crippen molar-refractivity contribution in [2.75, 3.05) is 16.6 Å². The summed E-state index contributed by atoms with van der Waals surface area (Å²) in [5, 5.41) is 2.20. The predicted octanol–water partition coefficient (Wildman–Crippen LogP) is 3.69. The number of carbonyl (C=O) groups excluding carboxylic acids is 1. The highest BCUT2D eigenvalue weighted by atomic mass is 32.2. The molecule has 2 aromatic carbocycles. The van der Waals surface area contributed by atoms with Crippen molar-refractivity contribution in [1.29, 1.82) is 0 Å². The molecule has 1 aliphatic carbocycles. The molecule has 27 heavy (non-hydrogen) atoms. The highest BCUT2D eigenvalue weighted by Gasteiger charge is 2.36. The lowest BCUT2D eigenvalue weighted by molar-refractivity contribution is 0.102. The van der Waals surface area contributed by atoms with E-state index in [1.807, 2.05) is 0 Å². The molecule has 0 saturated heterocycles. The lowest BCUT2D eigenvalue weighted by Crippen LogP contribution is -2.21. The Labute approximate surface area is 157 Å². The van der Waals surface area contributed by atoms with E-state index in [4.69, 9.17) is 4.74 Å². The average Bonchev–Trinajstić information content (AvgIpc) is 3.44. The number of nitrogens with one attached hydrogen (secondary N) is 2. The van der Waals surface area contributed by atoms with Crippen molar-refractivity contribution in [2.24, 2.45) is 0 Å². The Morgan fingerprint density at radius 1 is 1.19 bits per heavy atom. The number of aryl methyl sites for hydroxylation is 1. The third-order valence-electron chi connectivity index (χ3n) is 4.12. The molecule has 2 N–H and O–H groups in total. The highest BCUT2D eigenvalue weighted by molar-refractivity contribution is 7.93. The summed E-state index contributed by atoms with van der Waals surface area (Å²) in [6.45, 7) is 3.93. The first-order valence-electron chi connectivity index (χ1n) is 8.66. The second kappa shape index (κ2) is 7.56. The second-order valence-corrected chi connectivity index (χ2v) is 8.38. The molecule has 0 spiro atoms. The van der Waals surface area contributed by atoms with Gasteiger partial charge in [-0.25, -0.2) is 12.8 Å². The molecule has 1 aliphatic rings. The zero-order valence-electron chi connectivity index (χ0n) is 15.1. The fourth-order valence-electron chi connectivity index (χ4n) is 2.62. The van der Waals surface area contributed by atoms with Crippen LogP contribution in [0, 0.1) is 12.7 Å². The molecule has 0 heterocycles. The van der Waals surface area contributed by atoms with Gasteiger partial charge in [0.1, 0.15) is 11.6 Å². The maximum absolute atomic E-state index is 13.6. The van der Waals surface area contributed by atoms with Crippen molar-refractivity contribution >= 4 is 27.3 Å². The van der Waals surface area contributed by atoms with E-state index < -0.39 is 27.0 Å². The first kappa shape index (κ1) is 19.2. The second-order valence-electron chi connectivity index (χ2n) is 6.42. The summed E-state index contributed by atoms with van der Waals surface area (Å²) in [6.07, 6.45) is 1.23. The van der Waals surface area contributed by atoms with E-state index >= 15 is 0 Å². The summed E-state index contributed by atoms with van der Waals surface area (Å²) in [6, 6.07) is 8.69. The van der Waals surface area contributed by atoms with Gasteiger partial charge in [-0.15, -0.1) is 0 Å². The van der Waals surface area contributed by atoms with Crippen LogP contribution >= 0.6 is 0 Å². The molecule has 0 unspecified atom stereocenters. The van der Waals surface area contributed by atoms with Crippen LogP contribution in [0.5, 0.6) is 5.75 Å². The first-order chi connectivity index (χ1) is 12.8. The Kier molecular flexibility index (Phi) is 5.36. The van der Waals surface area contributed by atoms with Crippen molar-refractivity contribution in [3.63, 3.8) is 0 Å². The number of sulfonamides is 1. The molecule has 144 valence electrons. The van der Waals surface area contributed by atoms with E-state index in [0.717, 1.165) is 11.6 Å². The van der Waals surface area contributed by atoms with E-state index in [9.17, 15) is 17.6 Å². The van der Waals surface area contributed by atoms with Gasteiger partial charge in [0, 0.05) is 6.07 Å². The Morgan fingerprint density at radius 3 is 2.59 bits per heavy atom. The molecule has 0 bridgehead atoms. The van der Waals surface area contributed by atoms with E-state index in [-0.39, 0.29) is 16.9 Å². The van der Waals surface area contributed by atoms with Crippen molar-refractivity contribution in [2.45, 2.75) is 31.9 Å². The summed E-state index contributed by atoms with van der Waals surface area (Å²) in [4.78, 5) is 12.8. The molecule has 0 atom stereocenters. The first-order valence-corrected chi connectivity index (χ1v) is 10.2. The number of amides is 1. The normalized spacial score (nSPS) is 13.9. The average molecular weight is 392 g/mol. The van der Waals surface area contributed by atoms with Crippen LogP contribution in [-0.2, 0) is 10.0 Å². The molecule has 6 nitrogen and oxygen atoms in total. The Hall–Kier alpha value is -2.61. The fourth-order valence-corrected chi connectivity index (χ4v) is 4.03. The van der Waals surface area contributed by atoms with E-state index in [1.165, 1.54) is 12.1 Å². The quantitative estimate of drug-likeness (QED) is 0.753. The van der Waals surface area contributed by atoms with Crippen LogP contribution < -0.4 is 14.8 Å². The van der Waals surface area contributed by atoms with Crippen LogP contribution in [0.4, 0.5) is 15.8 Å². The molecule has 0 aliphatic heterocycles. The van der Waals surface area contributed by atoms with Crippen molar-refractivity contribution in [3.8, 4) is 5.75 Å². The van der Waals surface area contributed by atoms with Crippen molar-refractivity contribution in [3.05, 3.63) is 53.3 Å². The molecule has 1 saturated carbocycles. The largest absolute Gasteiger partial charge is 0.492 e. The van der Waals surface area contributed by atoms with Crippen LogP contribution in [0.3, 0.4) is 0 Å². The summed E-state index contributed by atoms with van der Waals surface area (Å²) in [5.74, 6) is -0.744. The minimum Gasteiger partial charge on any atom is -0.492 e. The molecule has 1 fully saturated rings. The van der Waals surface area contributed by atoms with Gasteiger partial charge in [0.05, 0.1) is 28.8 Å². The van der Waals surface area contributed by atoms with Crippen LogP contribution in [0.1, 0.15) is 35.7 Å². The summed E-state index contributed by atoms with van der Waals surface area (Å²) >= 11 is 0. The number of ether oxygens (including phenoxy) is 1. The lowest BCUT2D eigenvalue weighted by atomic mass is 10.1. The SMILES string of the molecule is CCOc1ccc(F)cc1NC(=O)c1cc(C)ccc1NS(=O)(=O)C1CC1. The zero-order valence-corrected chi connectivity index (χ0v) is 15.9. The molecular formula is C19H21FN2O4S. The third kappa shape index (κ3) is 4.57. The van der Waals surface area contributed by atoms with Crippen LogP contribution in [0.15, 0.2) is 36.4 Å². The summed E-state index contributed by atoms with van der Waals surface area (Å²) < 4.78 is 46.0. The van der Waals surface area contributed by atoms with Crippen LogP contribution in [0.2, 0.25) is 0 Å². The monoisotopic (exact) mass is 392 g/mol. The van der Waals surface area contributed by atoms with Crippen LogP contribution in [-0.4, -0.2) is 26.2 Å². The zero-order chi connectivity index (χ0) is 19.6. The maximum Gasteiger partial charge on any atom is 0.257 e. The van der Waals surface area contributed by atoms with Gasteiger partial charge >= 0.3 is 0 Å². The van der Waals surface area contributed by atoms with E-state index in [0.29, 0.717) is 25.2 Å². The van der Waals surface area contributed by atoms with Gasteiger partial charge in [0.25, 0.3) is 5.91 Å². The minimum atomic E-state index is -3.52. The maximum atomic E-state index is 13.6. The number of hydrogen-bond acceptors (Lipinski definition) is 4. The predicted molar refractivity (Wildman–Crippen MR) is 102 cm³/mol. The van der Waals surface area contributed by atoms with Crippen molar-refractivity contribution < 1.29 is 22.3 Å². The molecule has 1 amide bonds. The Balaban J connectivity index is 1.91. The number of hydrogen-bond donors (Lipinski definition) is 2. The lowest BCUT2D eigenvalue weighted by Gasteiger charge is -2.15. The molecular weight excluding hydrogens is 371 g/mol. The molecule has 2 aromatic rings. The van der Waals surface area contributed by atoms with Gasteiger partial charge in [-0.1, -0.05) is 11.6 Å². The number of carbonyl (C=O) groups is 1. The number of anilines is 2. The summed E-state index contributed by atoms with van der Waals surface area (Å²) in [5.41, 5.74) is 1.32. The highest BCUT2D eigenvalue weighted by Crippen LogP contribution is 2.32. The standard InChI is InChI=1S/C19H21FN2O4S/c1-3-26-18-9-5-13(20)11-17(18)21-19(23)15-10-12(2)4-8-16(15)22-27(24,25)14-6-7-14/h4-5,8-11,14,22H,3,6-7H2,1-2H3,(H,21,23). The van der Waals surface area contributed by atoms with Crippen LogP contribution in [0.25, 0.3) is 0 Å². The van der Waals surface area contributed by atoms with Gasteiger partial charge in [-0.2, -0.15) is 0 Å². The van der Waals surface area contributed by atoms with Gasteiger partial charge in [-0.05, 0) is 51.0 Å². The topological polar surface area (TPSA) is 84.5 Å².